The molecular weight excluding hydrogens is 255 g/mol. The van der Waals surface area contributed by atoms with Gasteiger partial charge in [-0.3, -0.25) is 4.98 Å². The fourth-order valence-corrected chi connectivity index (χ4v) is 1.96. The minimum atomic E-state index is -0.256. The van der Waals surface area contributed by atoms with Gasteiger partial charge in [-0.05, 0) is 49.7 Å². The summed E-state index contributed by atoms with van der Waals surface area (Å²) < 4.78 is 18.4. The van der Waals surface area contributed by atoms with Crippen LogP contribution >= 0.6 is 0 Å². The molecule has 1 aromatic heterocycles. The average Bonchev–Trinajstić information content (AvgIpc) is 2.47. The zero-order valence-electron chi connectivity index (χ0n) is 11.7. The first-order valence-corrected chi connectivity index (χ1v) is 6.69. The Morgan fingerprint density at radius 1 is 1.20 bits per heavy atom. The smallest absolute Gasteiger partial charge is 0.123 e. The molecule has 1 aromatic carbocycles. The van der Waals surface area contributed by atoms with E-state index in [0.29, 0.717) is 12.4 Å². The van der Waals surface area contributed by atoms with E-state index < -0.39 is 0 Å². The molecule has 4 heteroatoms. The lowest BCUT2D eigenvalue weighted by atomic mass is 10.1. The second-order valence-corrected chi connectivity index (χ2v) is 4.84. The third-order valence-electron chi connectivity index (χ3n) is 3.03. The fraction of sp³-hybridized carbons (Fsp3) is 0.312. The van der Waals surface area contributed by atoms with E-state index in [9.17, 15) is 4.39 Å². The molecule has 0 unspecified atom stereocenters. The number of nitrogens with zero attached hydrogens (tertiary/aromatic N) is 1. The third-order valence-corrected chi connectivity index (χ3v) is 3.03. The Kier molecular flexibility index (Phi) is 5.07. The van der Waals surface area contributed by atoms with Crippen molar-refractivity contribution in [2.24, 2.45) is 0 Å². The van der Waals surface area contributed by atoms with Crippen LogP contribution in [0.25, 0.3) is 0 Å². The molecule has 3 nitrogen and oxygen atoms in total. The van der Waals surface area contributed by atoms with Gasteiger partial charge in [0.15, 0.2) is 0 Å². The van der Waals surface area contributed by atoms with Crippen LogP contribution in [0.3, 0.4) is 0 Å². The average molecular weight is 274 g/mol. The summed E-state index contributed by atoms with van der Waals surface area (Å²) in [5.74, 6) is 0.419. The number of halogens is 1. The summed E-state index contributed by atoms with van der Waals surface area (Å²) in [6.45, 7) is 4.66. The molecule has 1 N–H and O–H groups in total. The van der Waals surface area contributed by atoms with Crippen LogP contribution in [-0.4, -0.2) is 17.6 Å². The Bertz CT molecular complexity index is 516. The fourth-order valence-electron chi connectivity index (χ4n) is 1.96. The van der Waals surface area contributed by atoms with Gasteiger partial charge >= 0.3 is 0 Å². The summed E-state index contributed by atoms with van der Waals surface area (Å²) in [4.78, 5) is 4.11. The number of ether oxygens (including phenoxy) is 1. The molecule has 0 aliphatic carbocycles. The van der Waals surface area contributed by atoms with E-state index in [1.54, 1.807) is 18.3 Å². The van der Waals surface area contributed by atoms with Crippen molar-refractivity contribution >= 4 is 0 Å². The van der Waals surface area contributed by atoms with Crippen LogP contribution < -0.4 is 10.1 Å². The molecule has 1 heterocycles. The third kappa shape index (κ3) is 4.31. The second-order valence-electron chi connectivity index (χ2n) is 4.84. The zero-order chi connectivity index (χ0) is 14.4. The molecule has 0 amide bonds. The first-order valence-electron chi connectivity index (χ1n) is 6.69. The van der Waals surface area contributed by atoms with Gasteiger partial charge in [-0.15, -0.1) is 0 Å². The molecule has 106 valence electrons. The molecule has 20 heavy (non-hydrogen) atoms. The molecule has 2 atom stereocenters. The molecular formula is C16H19FN2O. The number of rotatable bonds is 6. The lowest BCUT2D eigenvalue weighted by molar-refractivity contribution is 0.263. The van der Waals surface area contributed by atoms with Crippen LogP contribution in [0.15, 0.2) is 48.8 Å². The van der Waals surface area contributed by atoms with E-state index in [2.05, 4.69) is 24.1 Å². The standard InChI is InChI=1S/C16H19FN2O/c1-12(11-20-16-7-5-15(17)6-8-16)19-13(2)14-4-3-9-18-10-14/h3-10,12-13,19H,11H2,1-2H3/t12-,13-/m1/s1. The molecule has 0 saturated carbocycles. The maximum Gasteiger partial charge on any atom is 0.123 e. The van der Waals surface area contributed by atoms with Crippen molar-refractivity contribution in [1.82, 2.24) is 10.3 Å². The Labute approximate surface area is 118 Å². The van der Waals surface area contributed by atoms with E-state index in [1.165, 1.54) is 12.1 Å². The number of pyridine rings is 1. The van der Waals surface area contributed by atoms with Crippen molar-refractivity contribution < 1.29 is 9.13 Å². The normalized spacial score (nSPS) is 13.8. The molecule has 0 saturated heterocycles. The van der Waals surface area contributed by atoms with Crippen LogP contribution in [0, 0.1) is 5.82 Å². The molecule has 0 aliphatic heterocycles. The molecule has 2 rings (SSSR count). The van der Waals surface area contributed by atoms with Gasteiger partial charge in [-0.25, -0.2) is 4.39 Å². The Morgan fingerprint density at radius 3 is 2.60 bits per heavy atom. The van der Waals surface area contributed by atoms with Crippen LogP contribution in [0.5, 0.6) is 5.75 Å². The van der Waals surface area contributed by atoms with Crippen molar-refractivity contribution in [3.05, 3.63) is 60.2 Å². The Morgan fingerprint density at radius 2 is 1.95 bits per heavy atom. The molecule has 0 radical (unpaired) electrons. The van der Waals surface area contributed by atoms with Crippen molar-refractivity contribution in [3.8, 4) is 5.75 Å². The van der Waals surface area contributed by atoms with Gasteiger partial charge in [0.1, 0.15) is 18.2 Å². The Hall–Kier alpha value is -1.94. The van der Waals surface area contributed by atoms with Gasteiger partial charge < -0.3 is 10.1 Å². The maximum atomic E-state index is 12.8. The number of hydrogen-bond donors (Lipinski definition) is 1. The van der Waals surface area contributed by atoms with E-state index >= 15 is 0 Å². The lowest BCUT2D eigenvalue weighted by Crippen LogP contribution is -2.33. The summed E-state index contributed by atoms with van der Waals surface area (Å²) in [5, 5.41) is 3.44. The molecule has 0 spiro atoms. The summed E-state index contributed by atoms with van der Waals surface area (Å²) in [5.41, 5.74) is 1.14. The van der Waals surface area contributed by atoms with Gasteiger partial charge in [-0.1, -0.05) is 6.07 Å². The number of benzene rings is 1. The molecule has 0 bridgehead atoms. The van der Waals surface area contributed by atoms with Crippen LogP contribution in [0.2, 0.25) is 0 Å². The Balaban J connectivity index is 1.80. The van der Waals surface area contributed by atoms with Crippen LogP contribution in [-0.2, 0) is 0 Å². The van der Waals surface area contributed by atoms with Gasteiger partial charge in [0.2, 0.25) is 0 Å². The number of hydrogen-bond acceptors (Lipinski definition) is 3. The minimum absolute atomic E-state index is 0.176. The highest BCUT2D eigenvalue weighted by Gasteiger charge is 2.10. The number of nitrogens with one attached hydrogen (secondary N) is 1. The highest BCUT2D eigenvalue weighted by atomic mass is 19.1. The highest BCUT2D eigenvalue weighted by molar-refractivity contribution is 5.22. The van der Waals surface area contributed by atoms with Crippen molar-refractivity contribution in [1.29, 1.82) is 0 Å². The van der Waals surface area contributed by atoms with Crippen molar-refractivity contribution in [2.45, 2.75) is 25.9 Å². The lowest BCUT2D eigenvalue weighted by Gasteiger charge is -2.20. The summed E-state index contributed by atoms with van der Waals surface area (Å²) in [6.07, 6.45) is 3.61. The predicted octanol–water partition coefficient (Wildman–Crippen LogP) is 3.34. The SMILES string of the molecule is C[C@H](COc1ccc(F)cc1)N[C@H](C)c1cccnc1. The number of aromatic nitrogens is 1. The van der Waals surface area contributed by atoms with E-state index in [4.69, 9.17) is 4.74 Å². The van der Waals surface area contributed by atoms with Crippen molar-refractivity contribution in [2.75, 3.05) is 6.61 Å². The largest absolute Gasteiger partial charge is 0.492 e. The summed E-state index contributed by atoms with van der Waals surface area (Å²) >= 11 is 0. The highest BCUT2D eigenvalue weighted by Crippen LogP contribution is 2.13. The second kappa shape index (κ2) is 7.01. The van der Waals surface area contributed by atoms with E-state index in [-0.39, 0.29) is 17.9 Å². The predicted molar refractivity (Wildman–Crippen MR) is 77.1 cm³/mol. The minimum Gasteiger partial charge on any atom is -0.492 e. The summed E-state index contributed by atoms with van der Waals surface area (Å²) in [7, 11) is 0. The zero-order valence-corrected chi connectivity index (χ0v) is 11.7. The maximum absolute atomic E-state index is 12.8. The van der Waals surface area contributed by atoms with Gasteiger partial charge in [0.25, 0.3) is 0 Å². The topological polar surface area (TPSA) is 34.1 Å². The van der Waals surface area contributed by atoms with Crippen LogP contribution in [0.1, 0.15) is 25.5 Å². The first-order chi connectivity index (χ1) is 9.65. The van der Waals surface area contributed by atoms with E-state index in [1.807, 2.05) is 18.3 Å². The van der Waals surface area contributed by atoms with Crippen molar-refractivity contribution in [3.63, 3.8) is 0 Å². The van der Waals surface area contributed by atoms with Crippen LogP contribution in [0.4, 0.5) is 4.39 Å². The van der Waals surface area contributed by atoms with Gasteiger partial charge in [0, 0.05) is 24.5 Å². The monoisotopic (exact) mass is 274 g/mol. The summed E-state index contributed by atoms with van der Waals surface area (Å²) in [6, 6.07) is 10.4. The van der Waals surface area contributed by atoms with Gasteiger partial charge in [0.05, 0.1) is 0 Å². The first kappa shape index (κ1) is 14.5. The van der Waals surface area contributed by atoms with E-state index in [0.717, 1.165) is 5.56 Å². The molecule has 0 fully saturated rings. The molecule has 0 aliphatic rings. The van der Waals surface area contributed by atoms with Gasteiger partial charge in [-0.2, -0.15) is 0 Å². The quantitative estimate of drug-likeness (QED) is 0.877. The molecule has 2 aromatic rings.